The predicted octanol–water partition coefficient (Wildman–Crippen LogP) is 3.98. The quantitative estimate of drug-likeness (QED) is 0.125. The zero-order chi connectivity index (χ0) is 27.8. The van der Waals surface area contributed by atoms with E-state index in [9.17, 15) is 19.2 Å². The van der Waals surface area contributed by atoms with Crippen LogP contribution in [0.2, 0.25) is 0 Å². The average Bonchev–Trinajstić information content (AvgIpc) is 2.95. The molecule has 0 saturated heterocycles. The zero-order valence-electron chi connectivity index (χ0n) is 21.5. The van der Waals surface area contributed by atoms with Crippen LogP contribution in [0, 0.1) is 12.8 Å². The first-order chi connectivity index (χ1) is 18.3. The Morgan fingerprint density at radius 3 is 0.744 bits per heavy atom. The minimum absolute atomic E-state index is 0. The first-order valence-electron chi connectivity index (χ1n) is 11.7. The van der Waals surface area contributed by atoms with Crippen molar-refractivity contribution >= 4 is 29.1 Å². The molecule has 0 aromatic heterocycles. The number of hydrogen-bond donors (Lipinski definition) is 0. The summed E-state index contributed by atoms with van der Waals surface area (Å²) < 4.78 is 0. The molecule has 0 aliphatic rings. The fourth-order valence-electron chi connectivity index (χ4n) is 3.03. The molecule has 188 valence electrons. The summed E-state index contributed by atoms with van der Waals surface area (Å²) in [7, 11) is 0. The van der Waals surface area contributed by atoms with Crippen LogP contribution in [0.4, 0.5) is 0 Å². The van der Waals surface area contributed by atoms with E-state index in [4.69, 9.17) is 9.90 Å². The molecule has 7 N–H and O–H groups in total. The molecule has 0 spiro atoms. The third-order valence-corrected chi connectivity index (χ3v) is 4.83. The van der Waals surface area contributed by atoms with Crippen LogP contribution in [0.15, 0.2) is 121 Å². The van der Waals surface area contributed by atoms with Crippen molar-refractivity contribution in [2.24, 2.45) is 0 Å². The van der Waals surface area contributed by atoms with Gasteiger partial charge >= 0.3 is 61.8 Å². The van der Waals surface area contributed by atoms with Gasteiger partial charge in [-0.05, 0) is 48.5 Å². The molecule has 4 aromatic carbocycles. The van der Waals surface area contributed by atoms with Gasteiger partial charge in [-0.15, -0.1) is 0 Å². The van der Waals surface area contributed by atoms with Gasteiger partial charge in [0.1, 0.15) is 6.92 Å². The van der Waals surface area contributed by atoms with Crippen LogP contribution >= 0.6 is 0 Å². The Morgan fingerprint density at radius 1 is 0.436 bits per heavy atom. The Balaban J connectivity index is 0.000000336. The Morgan fingerprint density at radius 2 is 0.590 bits per heavy atom. The van der Waals surface area contributed by atoms with E-state index in [2.05, 4.69) is 0 Å². The number of ketones is 4. The number of carbonyl (C=O) groups excluding carboxylic acids is 5. The fourth-order valence-corrected chi connectivity index (χ4v) is 3.03. The smallest absolute Gasteiger partial charge is 0.524 e. The van der Waals surface area contributed by atoms with Crippen LogP contribution in [0.1, 0.15) is 29.2 Å². The van der Waals surface area contributed by atoms with Crippen molar-refractivity contribution in [2.75, 3.05) is 0 Å². The molecular weight excluding hydrogens is 569 g/mol. The van der Waals surface area contributed by atoms with Gasteiger partial charge < -0.3 is 5.11 Å². The summed E-state index contributed by atoms with van der Waals surface area (Å²) in [5.74, 6) is -0.141. The van der Waals surface area contributed by atoms with Crippen molar-refractivity contribution in [1.29, 1.82) is 0 Å². The van der Waals surface area contributed by atoms with Crippen LogP contribution in [-0.4, -0.2) is 58.2 Å². The van der Waals surface area contributed by atoms with Crippen molar-refractivity contribution in [2.45, 2.75) is 6.92 Å². The first-order valence-corrected chi connectivity index (χ1v) is 11.7. The summed E-state index contributed by atoms with van der Waals surface area (Å²) in [5, 5.41) is 6.06. The van der Waals surface area contributed by atoms with E-state index in [0.717, 1.165) is 0 Å². The number of hydrogen-bond acceptors (Lipinski definition) is 0. The topological polar surface area (TPSA) is 130 Å². The van der Waals surface area contributed by atoms with Crippen molar-refractivity contribution < 1.29 is 61.8 Å². The molecule has 0 saturated carbocycles. The van der Waals surface area contributed by atoms with E-state index < -0.39 is 0 Å². The molecule has 4 aromatic rings. The zero-order valence-corrected chi connectivity index (χ0v) is 24.4. The van der Waals surface area contributed by atoms with Gasteiger partial charge in [0.15, 0.2) is 22.3 Å². The molecule has 0 amide bonds. The number of benzene rings is 4. The summed E-state index contributed by atoms with van der Waals surface area (Å²) in [4.78, 5) is 47.0. The Labute approximate surface area is 253 Å². The summed E-state index contributed by atoms with van der Waals surface area (Å²) in [5.41, 5.74) is 2.70. The molecule has 0 heterocycles. The minimum Gasteiger partial charge on any atom is -0.524 e. The molecule has 0 atom stereocenters. The predicted molar refractivity (Wildman–Crippen MR) is 155 cm³/mol. The van der Waals surface area contributed by atoms with E-state index in [1.165, 1.54) is 19.8 Å². The summed E-state index contributed by atoms with van der Waals surface area (Å²) in [6.07, 6.45) is 2.70. The van der Waals surface area contributed by atoms with Crippen LogP contribution < -0.4 is 0 Å². The van der Waals surface area contributed by atoms with Crippen molar-refractivity contribution in [3.05, 3.63) is 156 Å². The van der Waals surface area contributed by atoms with Gasteiger partial charge in [0.25, 0.3) is 12.8 Å². The molecule has 0 aliphatic heterocycles. The molecule has 0 aliphatic carbocycles. The molecule has 39 heavy (non-hydrogen) atoms. The second kappa shape index (κ2) is 18.2. The first kappa shape index (κ1) is 32.9. The molecule has 7 heteroatoms. The van der Waals surface area contributed by atoms with Gasteiger partial charge in [-0.1, -0.05) is 24.3 Å². The SMILES string of the molecule is CC(=[OH+])[OH2+].[OH+]=C([CH+]C(=[OH+])c1ccccc1)c1ccccc1.[OH+]=C([CH+]C(=[OH+])c1ccccc1)c1ccccc1.[Y+3]. The Kier molecular flexibility index (Phi) is 15.3. The van der Waals surface area contributed by atoms with Crippen molar-refractivity contribution in [3.8, 4) is 0 Å². The van der Waals surface area contributed by atoms with E-state index in [-0.39, 0.29) is 61.8 Å². The second-order valence-electron chi connectivity index (χ2n) is 7.88. The van der Waals surface area contributed by atoms with E-state index in [1.54, 1.807) is 48.5 Å². The molecule has 6 nitrogen and oxygen atoms in total. The van der Waals surface area contributed by atoms with Crippen LogP contribution in [0.25, 0.3) is 0 Å². The summed E-state index contributed by atoms with van der Waals surface area (Å²) in [6.45, 7) is 1.31. The van der Waals surface area contributed by atoms with Gasteiger partial charge in [-0.2, -0.15) is 0 Å². The fraction of sp³-hybridized carbons (Fsp3) is 0.0312. The Hall–Kier alpha value is -4.13. The molecular formula is C32H32O6Y+11. The van der Waals surface area contributed by atoms with Crippen LogP contribution in [0.3, 0.4) is 0 Å². The van der Waals surface area contributed by atoms with Gasteiger partial charge in [-0.25, -0.2) is 24.0 Å². The van der Waals surface area contributed by atoms with Gasteiger partial charge in [0.05, 0.1) is 0 Å². The van der Waals surface area contributed by atoms with Crippen LogP contribution in [-0.2, 0) is 32.7 Å². The normalized spacial score (nSPS) is 9.05. The van der Waals surface area contributed by atoms with Gasteiger partial charge in [0.2, 0.25) is 0 Å². The molecule has 0 radical (unpaired) electrons. The van der Waals surface area contributed by atoms with Crippen molar-refractivity contribution in [3.63, 3.8) is 0 Å². The second-order valence-corrected chi connectivity index (χ2v) is 7.88. The summed E-state index contributed by atoms with van der Waals surface area (Å²) >= 11 is 0. The van der Waals surface area contributed by atoms with E-state index >= 15 is 0 Å². The largest absolute Gasteiger partial charge is 3.00 e. The van der Waals surface area contributed by atoms with E-state index in [1.807, 2.05) is 72.8 Å². The van der Waals surface area contributed by atoms with Crippen molar-refractivity contribution in [1.82, 2.24) is 0 Å². The molecule has 4 rings (SSSR count). The number of rotatable bonds is 8. The standard InChI is InChI=1S/2C15H11O2.C2H4O2.Y/c2*16-14(12-7-3-1-4-8-12)11-15(17)13-9-5-2-6-10-13;1-2(3)4;/h2*1-11H;1H3,(H,3,4);/q2*+1;;+3/p+6. The monoisotopic (exact) mass is 601 g/mol. The molecule has 0 fully saturated rings. The third kappa shape index (κ3) is 12.8. The van der Waals surface area contributed by atoms with Gasteiger partial charge in [-0.3, -0.25) is 0 Å². The summed E-state index contributed by atoms with van der Waals surface area (Å²) in [6, 6.07) is 36.4. The maximum atomic E-state index is 9.83. The molecule has 0 unspecified atom stereocenters. The third-order valence-electron chi connectivity index (χ3n) is 4.83. The van der Waals surface area contributed by atoms with Crippen LogP contribution in [0.5, 0.6) is 0 Å². The minimum atomic E-state index is -0.333. The molecule has 0 bridgehead atoms. The van der Waals surface area contributed by atoms with E-state index in [0.29, 0.717) is 22.3 Å². The maximum absolute atomic E-state index is 9.83. The maximum Gasteiger partial charge on any atom is 3.00 e. The average molecular weight is 602 g/mol. The Bertz CT molecular complexity index is 1130. The van der Waals surface area contributed by atoms with Gasteiger partial charge in [0, 0.05) is 48.5 Å².